The van der Waals surface area contributed by atoms with E-state index in [4.69, 9.17) is 0 Å². The van der Waals surface area contributed by atoms with Gasteiger partial charge in [0.15, 0.2) is 0 Å². The molecule has 1 fully saturated rings. The first-order valence-corrected chi connectivity index (χ1v) is 8.92. The van der Waals surface area contributed by atoms with Crippen molar-refractivity contribution in [3.63, 3.8) is 0 Å². The predicted molar refractivity (Wildman–Crippen MR) is 96.2 cm³/mol. The van der Waals surface area contributed by atoms with Crippen molar-refractivity contribution in [2.45, 2.75) is 32.2 Å². The molecule has 26 heavy (non-hydrogen) atoms. The third-order valence-corrected chi connectivity index (χ3v) is 4.53. The van der Waals surface area contributed by atoms with Gasteiger partial charge in [-0.05, 0) is 31.0 Å². The largest absolute Gasteiger partial charge is 0.348 e. The van der Waals surface area contributed by atoms with Gasteiger partial charge in [0.25, 0.3) is 11.8 Å². The predicted octanol–water partition coefficient (Wildman–Crippen LogP) is 3.17. The zero-order valence-electron chi connectivity index (χ0n) is 14.6. The summed E-state index contributed by atoms with van der Waals surface area (Å²) in [6.45, 7) is 1.54. The number of halogens is 1. The molecule has 1 aliphatic heterocycles. The second-order valence-electron chi connectivity index (χ2n) is 6.41. The van der Waals surface area contributed by atoms with E-state index in [9.17, 15) is 14.0 Å². The topological polar surface area (TPSA) is 62.3 Å². The molecule has 0 bridgehead atoms. The zero-order valence-corrected chi connectivity index (χ0v) is 14.6. The van der Waals surface area contributed by atoms with Gasteiger partial charge in [0.1, 0.15) is 11.5 Å². The van der Waals surface area contributed by atoms with E-state index in [-0.39, 0.29) is 29.9 Å². The lowest BCUT2D eigenvalue weighted by atomic mass is 10.1. The maximum absolute atomic E-state index is 13.6. The maximum atomic E-state index is 13.6. The molecular formula is C20H22FN3O2. The van der Waals surface area contributed by atoms with Crippen molar-refractivity contribution in [1.29, 1.82) is 0 Å². The third-order valence-electron chi connectivity index (χ3n) is 4.53. The number of benzene rings is 1. The first kappa shape index (κ1) is 18.0. The lowest BCUT2D eigenvalue weighted by Crippen LogP contribution is -2.32. The van der Waals surface area contributed by atoms with Gasteiger partial charge in [-0.2, -0.15) is 0 Å². The van der Waals surface area contributed by atoms with Crippen LogP contribution in [0.5, 0.6) is 0 Å². The molecule has 0 aliphatic carbocycles. The quantitative estimate of drug-likeness (QED) is 0.916. The Balaban J connectivity index is 1.67. The van der Waals surface area contributed by atoms with Gasteiger partial charge in [-0.15, -0.1) is 0 Å². The van der Waals surface area contributed by atoms with Crippen LogP contribution in [0.1, 0.15) is 52.1 Å². The van der Waals surface area contributed by atoms with Crippen LogP contribution in [0, 0.1) is 5.82 Å². The number of aromatic nitrogens is 1. The molecule has 3 rings (SSSR count). The first-order valence-electron chi connectivity index (χ1n) is 8.92. The molecule has 1 aliphatic rings. The van der Waals surface area contributed by atoms with Crippen molar-refractivity contribution in [2.75, 3.05) is 13.1 Å². The van der Waals surface area contributed by atoms with E-state index < -0.39 is 0 Å². The summed E-state index contributed by atoms with van der Waals surface area (Å²) in [7, 11) is 0. The van der Waals surface area contributed by atoms with Crippen LogP contribution >= 0.6 is 0 Å². The van der Waals surface area contributed by atoms with Crippen LogP contribution in [-0.4, -0.2) is 34.8 Å². The van der Waals surface area contributed by atoms with Gasteiger partial charge >= 0.3 is 0 Å². The van der Waals surface area contributed by atoms with Gasteiger partial charge in [-0.25, -0.2) is 4.39 Å². The van der Waals surface area contributed by atoms with E-state index in [0.717, 1.165) is 38.8 Å². The molecule has 0 saturated carbocycles. The van der Waals surface area contributed by atoms with Crippen molar-refractivity contribution in [3.05, 3.63) is 65.2 Å². The molecule has 1 aromatic carbocycles. The highest BCUT2D eigenvalue weighted by atomic mass is 19.1. The average Bonchev–Trinajstić information content (AvgIpc) is 2.96. The normalized spacial score (nSPS) is 14.6. The Morgan fingerprint density at radius 2 is 1.81 bits per heavy atom. The molecule has 1 saturated heterocycles. The van der Waals surface area contributed by atoms with Crippen molar-refractivity contribution >= 4 is 11.8 Å². The number of carbonyl (C=O) groups excluding carboxylic acids is 2. The SMILES string of the molecule is O=C(NCc1ccccc1F)c1ccnc(C(=O)N2CCCCCC2)c1. The summed E-state index contributed by atoms with van der Waals surface area (Å²) in [5.41, 5.74) is 1.02. The molecular weight excluding hydrogens is 333 g/mol. The molecule has 2 heterocycles. The summed E-state index contributed by atoms with van der Waals surface area (Å²) in [6, 6.07) is 9.35. The standard InChI is InChI=1S/C20H22FN3O2/c21-17-8-4-3-7-16(17)14-23-19(25)15-9-10-22-18(13-15)20(26)24-11-5-1-2-6-12-24/h3-4,7-10,13H,1-2,5-6,11-12,14H2,(H,23,25). The lowest BCUT2D eigenvalue weighted by Gasteiger charge is -2.19. The summed E-state index contributed by atoms with van der Waals surface area (Å²) >= 11 is 0. The van der Waals surface area contributed by atoms with Crippen molar-refractivity contribution in [2.24, 2.45) is 0 Å². The second-order valence-corrected chi connectivity index (χ2v) is 6.41. The van der Waals surface area contributed by atoms with Gasteiger partial charge in [-0.1, -0.05) is 31.0 Å². The van der Waals surface area contributed by atoms with Crippen molar-refractivity contribution < 1.29 is 14.0 Å². The van der Waals surface area contributed by atoms with Crippen LogP contribution in [0.15, 0.2) is 42.6 Å². The van der Waals surface area contributed by atoms with E-state index >= 15 is 0 Å². The van der Waals surface area contributed by atoms with Gasteiger partial charge in [0, 0.05) is 37.0 Å². The lowest BCUT2D eigenvalue weighted by molar-refractivity contribution is 0.0755. The smallest absolute Gasteiger partial charge is 0.272 e. The van der Waals surface area contributed by atoms with Gasteiger partial charge in [-0.3, -0.25) is 14.6 Å². The number of amides is 2. The maximum Gasteiger partial charge on any atom is 0.272 e. The van der Waals surface area contributed by atoms with E-state index in [1.54, 1.807) is 29.2 Å². The third kappa shape index (κ3) is 4.45. The second kappa shape index (κ2) is 8.56. The van der Waals surface area contributed by atoms with Gasteiger partial charge in [0.05, 0.1) is 0 Å². The summed E-state index contributed by atoms with van der Waals surface area (Å²) in [5, 5.41) is 2.68. The molecule has 2 aromatic rings. The summed E-state index contributed by atoms with van der Waals surface area (Å²) < 4.78 is 13.6. The van der Waals surface area contributed by atoms with E-state index in [1.165, 1.54) is 18.3 Å². The van der Waals surface area contributed by atoms with Crippen LogP contribution in [0.2, 0.25) is 0 Å². The van der Waals surface area contributed by atoms with E-state index in [2.05, 4.69) is 10.3 Å². The fourth-order valence-electron chi connectivity index (χ4n) is 3.04. The summed E-state index contributed by atoms with van der Waals surface area (Å²) in [6.07, 6.45) is 5.72. The minimum absolute atomic E-state index is 0.0865. The minimum Gasteiger partial charge on any atom is -0.348 e. The Bertz CT molecular complexity index is 786. The number of hydrogen-bond acceptors (Lipinski definition) is 3. The molecule has 0 atom stereocenters. The molecule has 0 radical (unpaired) electrons. The number of nitrogens with one attached hydrogen (secondary N) is 1. The molecule has 2 amide bonds. The fraction of sp³-hybridized carbons (Fsp3) is 0.350. The molecule has 1 aromatic heterocycles. The average molecular weight is 355 g/mol. The Kier molecular flexibility index (Phi) is 5.94. The molecule has 136 valence electrons. The molecule has 5 nitrogen and oxygen atoms in total. The Morgan fingerprint density at radius 3 is 2.54 bits per heavy atom. The van der Waals surface area contributed by atoms with E-state index in [0.29, 0.717) is 11.1 Å². The minimum atomic E-state index is -0.362. The first-order chi connectivity index (χ1) is 12.6. The number of pyridine rings is 1. The molecule has 0 spiro atoms. The van der Waals surface area contributed by atoms with Gasteiger partial charge < -0.3 is 10.2 Å². The van der Waals surface area contributed by atoms with Crippen LogP contribution in [0.4, 0.5) is 4.39 Å². The molecule has 6 heteroatoms. The van der Waals surface area contributed by atoms with Crippen LogP contribution < -0.4 is 5.32 Å². The number of hydrogen-bond donors (Lipinski definition) is 1. The van der Waals surface area contributed by atoms with Crippen molar-refractivity contribution in [1.82, 2.24) is 15.2 Å². The van der Waals surface area contributed by atoms with Crippen LogP contribution in [-0.2, 0) is 6.54 Å². The monoisotopic (exact) mass is 355 g/mol. The molecule has 0 unspecified atom stereocenters. The van der Waals surface area contributed by atoms with Crippen molar-refractivity contribution in [3.8, 4) is 0 Å². The number of carbonyl (C=O) groups is 2. The Hall–Kier alpha value is -2.76. The number of rotatable bonds is 4. The van der Waals surface area contributed by atoms with Gasteiger partial charge in [0.2, 0.25) is 0 Å². The molecule has 1 N–H and O–H groups in total. The summed E-state index contributed by atoms with van der Waals surface area (Å²) in [4.78, 5) is 30.9. The highest BCUT2D eigenvalue weighted by molar-refractivity contribution is 5.98. The zero-order chi connectivity index (χ0) is 18.4. The highest BCUT2D eigenvalue weighted by Crippen LogP contribution is 2.13. The Morgan fingerprint density at radius 1 is 1.08 bits per heavy atom. The summed E-state index contributed by atoms with van der Waals surface area (Å²) in [5.74, 6) is -0.865. The van der Waals surface area contributed by atoms with E-state index in [1.807, 2.05) is 0 Å². The van der Waals surface area contributed by atoms with Crippen LogP contribution in [0.3, 0.4) is 0 Å². The number of likely N-dealkylation sites (tertiary alicyclic amines) is 1. The Labute approximate surface area is 152 Å². The fourth-order valence-corrected chi connectivity index (χ4v) is 3.04. The number of nitrogens with zero attached hydrogens (tertiary/aromatic N) is 2. The highest BCUT2D eigenvalue weighted by Gasteiger charge is 2.19. The van der Waals surface area contributed by atoms with Crippen LogP contribution in [0.25, 0.3) is 0 Å².